The highest BCUT2D eigenvalue weighted by atomic mass is 15.3. The molecule has 5 nitrogen and oxygen atoms in total. The van der Waals surface area contributed by atoms with E-state index in [0.717, 1.165) is 47.8 Å². The van der Waals surface area contributed by atoms with Gasteiger partial charge in [-0.05, 0) is 31.2 Å². The summed E-state index contributed by atoms with van der Waals surface area (Å²) in [6, 6.07) is 12.8. The summed E-state index contributed by atoms with van der Waals surface area (Å²) in [6.07, 6.45) is 4.44. The van der Waals surface area contributed by atoms with E-state index in [2.05, 4.69) is 51.5 Å². The average Bonchev–Trinajstić information content (AvgIpc) is 3.28. The van der Waals surface area contributed by atoms with E-state index >= 15 is 0 Å². The van der Waals surface area contributed by atoms with Gasteiger partial charge < -0.3 is 0 Å². The minimum atomic E-state index is 0.797. The summed E-state index contributed by atoms with van der Waals surface area (Å²) in [5, 5.41) is 7.13. The Labute approximate surface area is 151 Å². The first-order chi connectivity index (χ1) is 12.7. The van der Waals surface area contributed by atoms with Crippen LogP contribution < -0.4 is 0 Å². The first kappa shape index (κ1) is 15.2. The van der Waals surface area contributed by atoms with Gasteiger partial charge in [-0.25, -0.2) is 9.50 Å². The molecule has 1 aliphatic rings. The van der Waals surface area contributed by atoms with E-state index < -0.39 is 0 Å². The van der Waals surface area contributed by atoms with Crippen molar-refractivity contribution in [1.29, 1.82) is 0 Å². The molecule has 2 aromatic heterocycles. The molecule has 0 spiro atoms. The van der Waals surface area contributed by atoms with Crippen LogP contribution in [-0.2, 0) is 12.8 Å². The lowest BCUT2D eigenvalue weighted by Crippen LogP contribution is -2.02. The van der Waals surface area contributed by atoms with Crippen molar-refractivity contribution in [3.8, 4) is 0 Å². The van der Waals surface area contributed by atoms with Crippen LogP contribution in [0.2, 0.25) is 0 Å². The van der Waals surface area contributed by atoms with Crippen LogP contribution in [0.4, 0.5) is 5.69 Å². The molecule has 0 fully saturated rings. The third-order valence-electron chi connectivity index (χ3n) is 5.04. The molecule has 0 aliphatic carbocycles. The Kier molecular flexibility index (Phi) is 3.35. The summed E-state index contributed by atoms with van der Waals surface area (Å²) in [6.45, 7) is 3.97. The average molecular weight is 341 g/mol. The molecular weight excluding hydrogens is 322 g/mol. The Hall–Kier alpha value is -3.08. The molecule has 128 valence electrons. The molecule has 26 heavy (non-hydrogen) atoms. The van der Waals surface area contributed by atoms with Gasteiger partial charge in [-0.2, -0.15) is 5.10 Å². The monoisotopic (exact) mass is 341 g/mol. The number of fused-ring (bicyclic) bond motifs is 4. The zero-order chi connectivity index (χ0) is 17.7. The van der Waals surface area contributed by atoms with Crippen LogP contribution in [0.15, 0.2) is 47.6 Å². The molecule has 1 aliphatic heterocycles. The Morgan fingerprint density at radius 1 is 1.04 bits per heavy atom. The molecule has 0 saturated carbocycles. The number of hydrogen-bond acceptors (Lipinski definition) is 4. The standard InChI is InChI=1S/C21H19N5/c1-13-12-22-14(2)21-24-19(25-26(13)21)10-9-17-11-16-8-7-15-5-3-4-6-18(15)20(16)23-17/h3-8,12H,9-11H2,1-2H3. The number of aryl methyl sites for hydroxylation is 3. The fourth-order valence-electron chi connectivity index (χ4n) is 3.64. The topological polar surface area (TPSA) is 55.4 Å². The maximum atomic E-state index is 4.93. The smallest absolute Gasteiger partial charge is 0.177 e. The summed E-state index contributed by atoms with van der Waals surface area (Å²) in [5.41, 5.74) is 6.42. The van der Waals surface area contributed by atoms with Gasteiger partial charge in [0.1, 0.15) is 0 Å². The number of nitrogens with zero attached hydrogens (tertiary/aromatic N) is 5. The van der Waals surface area contributed by atoms with E-state index in [-0.39, 0.29) is 0 Å². The van der Waals surface area contributed by atoms with Crippen molar-refractivity contribution in [2.75, 3.05) is 0 Å². The Balaban J connectivity index is 1.42. The number of benzene rings is 2. The van der Waals surface area contributed by atoms with Gasteiger partial charge >= 0.3 is 0 Å². The van der Waals surface area contributed by atoms with Crippen molar-refractivity contribution in [3.05, 3.63) is 65.4 Å². The predicted molar refractivity (Wildman–Crippen MR) is 103 cm³/mol. The molecule has 3 heterocycles. The Bertz CT molecular complexity index is 1150. The predicted octanol–water partition coefficient (Wildman–Crippen LogP) is 4.16. The van der Waals surface area contributed by atoms with Gasteiger partial charge in [-0.3, -0.25) is 9.98 Å². The summed E-state index contributed by atoms with van der Waals surface area (Å²) in [7, 11) is 0. The largest absolute Gasteiger partial charge is 0.257 e. The lowest BCUT2D eigenvalue weighted by molar-refractivity contribution is 0.832. The zero-order valence-corrected chi connectivity index (χ0v) is 14.9. The minimum absolute atomic E-state index is 0.797. The Morgan fingerprint density at radius 2 is 1.92 bits per heavy atom. The second-order valence-electron chi connectivity index (χ2n) is 6.90. The van der Waals surface area contributed by atoms with Crippen LogP contribution >= 0.6 is 0 Å². The van der Waals surface area contributed by atoms with E-state index in [9.17, 15) is 0 Å². The van der Waals surface area contributed by atoms with Crippen molar-refractivity contribution in [3.63, 3.8) is 0 Å². The van der Waals surface area contributed by atoms with Gasteiger partial charge in [0, 0.05) is 30.1 Å². The number of hydrogen-bond donors (Lipinski definition) is 0. The first-order valence-electron chi connectivity index (χ1n) is 8.94. The van der Waals surface area contributed by atoms with Crippen molar-refractivity contribution in [2.24, 2.45) is 4.99 Å². The van der Waals surface area contributed by atoms with Gasteiger partial charge in [0.25, 0.3) is 0 Å². The summed E-state index contributed by atoms with van der Waals surface area (Å²) in [4.78, 5) is 14.0. The molecule has 4 aromatic rings. The van der Waals surface area contributed by atoms with E-state index in [0.29, 0.717) is 0 Å². The third-order valence-corrected chi connectivity index (χ3v) is 5.04. The molecule has 0 N–H and O–H groups in total. The second kappa shape index (κ2) is 5.73. The highest BCUT2D eigenvalue weighted by Gasteiger charge is 2.18. The van der Waals surface area contributed by atoms with Crippen LogP contribution in [0, 0.1) is 13.8 Å². The van der Waals surface area contributed by atoms with Gasteiger partial charge in [-0.1, -0.05) is 36.4 Å². The molecule has 0 radical (unpaired) electrons. The molecule has 0 atom stereocenters. The normalized spacial score (nSPS) is 13.4. The summed E-state index contributed by atoms with van der Waals surface area (Å²) >= 11 is 0. The molecule has 5 heteroatoms. The second-order valence-corrected chi connectivity index (χ2v) is 6.90. The molecular formula is C21H19N5. The third kappa shape index (κ3) is 2.39. The number of rotatable bonds is 3. The van der Waals surface area contributed by atoms with Crippen molar-refractivity contribution < 1.29 is 0 Å². The van der Waals surface area contributed by atoms with Gasteiger partial charge in [-0.15, -0.1) is 0 Å². The summed E-state index contributed by atoms with van der Waals surface area (Å²) < 4.78 is 1.89. The highest BCUT2D eigenvalue weighted by Crippen LogP contribution is 2.35. The van der Waals surface area contributed by atoms with E-state index in [1.54, 1.807) is 0 Å². The van der Waals surface area contributed by atoms with E-state index in [4.69, 9.17) is 4.99 Å². The van der Waals surface area contributed by atoms with Gasteiger partial charge in [0.15, 0.2) is 11.5 Å². The van der Waals surface area contributed by atoms with E-state index in [1.165, 1.54) is 22.0 Å². The highest BCUT2D eigenvalue weighted by molar-refractivity contribution is 6.03. The lowest BCUT2D eigenvalue weighted by atomic mass is 10.0. The number of aromatic nitrogens is 4. The van der Waals surface area contributed by atoms with Gasteiger partial charge in [0.2, 0.25) is 0 Å². The quantitative estimate of drug-likeness (QED) is 0.562. The number of aliphatic imine (C=N–C) groups is 1. The summed E-state index contributed by atoms with van der Waals surface area (Å²) in [5.74, 6) is 0.854. The minimum Gasteiger partial charge on any atom is -0.257 e. The first-order valence-corrected chi connectivity index (χ1v) is 8.94. The van der Waals surface area contributed by atoms with Crippen LogP contribution in [0.1, 0.15) is 29.2 Å². The van der Waals surface area contributed by atoms with Crippen LogP contribution in [0.5, 0.6) is 0 Å². The molecule has 0 saturated heterocycles. The van der Waals surface area contributed by atoms with Gasteiger partial charge in [0.05, 0.1) is 17.1 Å². The lowest BCUT2D eigenvalue weighted by Gasteiger charge is -2.02. The van der Waals surface area contributed by atoms with Crippen molar-refractivity contribution >= 4 is 27.8 Å². The molecule has 0 bridgehead atoms. The molecule has 0 unspecified atom stereocenters. The maximum Gasteiger partial charge on any atom is 0.177 e. The van der Waals surface area contributed by atoms with Crippen molar-refractivity contribution in [1.82, 2.24) is 19.6 Å². The zero-order valence-electron chi connectivity index (χ0n) is 14.9. The fourth-order valence-corrected chi connectivity index (χ4v) is 3.64. The van der Waals surface area contributed by atoms with Crippen LogP contribution in [0.25, 0.3) is 16.4 Å². The molecule has 0 amide bonds. The fraction of sp³-hybridized carbons (Fsp3) is 0.238. The SMILES string of the molecule is Cc1ncc(C)n2nc(CCC3=Nc4c(ccc5ccccc45)C3)nc12. The maximum absolute atomic E-state index is 4.93. The van der Waals surface area contributed by atoms with E-state index in [1.807, 2.05) is 24.6 Å². The Morgan fingerprint density at radius 3 is 2.81 bits per heavy atom. The molecule has 2 aromatic carbocycles. The van der Waals surface area contributed by atoms with Crippen LogP contribution in [0.3, 0.4) is 0 Å². The molecule has 5 rings (SSSR count). The van der Waals surface area contributed by atoms with Crippen molar-refractivity contribution in [2.45, 2.75) is 33.1 Å². The van der Waals surface area contributed by atoms with Crippen LogP contribution in [-0.4, -0.2) is 25.3 Å².